The van der Waals surface area contributed by atoms with Crippen LogP contribution in [0, 0.1) is 6.92 Å². The van der Waals surface area contributed by atoms with Gasteiger partial charge in [-0.2, -0.15) is 0 Å². The van der Waals surface area contributed by atoms with E-state index in [2.05, 4.69) is 23.2 Å². The Labute approximate surface area is 78.1 Å². The lowest BCUT2D eigenvalue weighted by atomic mass is 10.1. The van der Waals surface area contributed by atoms with E-state index in [0.29, 0.717) is 0 Å². The van der Waals surface area contributed by atoms with E-state index in [1.54, 1.807) is 0 Å². The summed E-state index contributed by atoms with van der Waals surface area (Å²) in [5.41, 5.74) is 3.52. The van der Waals surface area contributed by atoms with E-state index in [9.17, 15) is 0 Å². The fraction of sp³-hybridized carbons (Fsp3) is 0.0833. The van der Waals surface area contributed by atoms with Crippen molar-refractivity contribution in [2.45, 2.75) is 6.92 Å². The zero-order chi connectivity index (χ0) is 9.10. The quantitative estimate of drug-likeness (QED) is 0.639. The van der Waals surface area contributed by atoms with Crippen molar-refractivity contribution < 1.29 is 0 Å². The minimum absolute atomic E-state index is 1.08. The Bertz CT molecular complexity index is 393. The summed E-state index contributed by atoms with van der Waals surface area (Å²) in [4.78, 5) is 4.26. The van der Waals surface area contributed by atoms with Gasteiger partial charge in [0, 0.05) is 17.5 Å². The van der Waals surface area contributed by atoms with Crippen LogP contribution >= 0.6 is 0 Å². The number of hydrogen-bond acceptors (Lipinski definition) is 1. The largest absolute Gasteiger partial charge is 0.261 e. The topological polar surface area (TPSA) is 12.9 Å². The van der Waals surface area contributed by atoms with Crippen LogP contribution in [0.1, 0.15) is 5.69 Å². The highest BCUT2D eigenvalue weighted by Gasteiger charge is 1.99. The SMILES string of the molecule is Cc1ncccc1-c1ccccc1. The summed E-state index contributed by atoms with van der Waals surface area (Å²) in [5, 5.41) is 0. The van der Waals surface area contributed by atoms with Gasteiger partial charge in [-0.3, -0.25) is 4.98 Å². The number of aromatic nitrogens is 1. The van der Waals surface area contributed by atoms with Gasteiger partial charge in [-0.25, -0.2) is 0 Å². The fourth-order valence-corrected chi connectivity index (χ4v) is 1.41. The highest BCUT2D eigenvalue weighted by Crippen LogP contribution is 2.20. The van der Waals surface area contributed by atoms with E-state index >= 15 is 0 Å². The van der Waals surface area contributed by atoms with Gasteiger partial charge >= 0.3 is 0 Å². The Balaban J connectivity index is 2.54. The molecule has 0 spiro atoms. The van der Waals surface area contributed by atoms with Crippen molar-refractivity contribution in [2.75, 3.05) is 0 Å². The number of hydrogen-bond donors (Lipinski definition) is 0. The van der Waals surface area contributed by atoms with Crippen LogP contribution in [-0.4, -0.2) is 4.98 Å². The molecule has 0 fully saturated rings. The summed E-state index contributed by atoms with van der Waals surface area (Å²) >= 11 is 0. The molecule has 0 N–H and O–H groups in total. The first-order chi connectivity index (χ1) is 6.38. The van der Waals surface area contributed by atoms with E-state index in [4.69, 9.17) is 0 Å². The second-order valence-electron chi connectivity index (χ2n) is 3.00. The van der Waals surface area contributed by atoms with E-state index in [1.807, 2.05) is 37.4 Å². The van der Waals surface area contributed by atoms with Gasteiger partial charge in [0.1, 0.15) is 0 Å². The molecule has 0 amide bonds. The second-order valence-corrected chi connectivity index (χ2v) is 3.00. The lowest BCUT2D eigenvalue weighted by molar-refractivity contribution is 1.20. The van der Waals surface area contributed by atoms with Gasteiger partial charge in [0.2, 0.25) is 0 Å². The van der Waals surface area contributed by atoms with Gasteiger partial charge in [0.05, 0.1) is 0 Å². The van der Waals surface area contributed by atoms with Gasteiger partial charge in [0.15, 0.2) is 0 Å². The second kappa shape index (κ2) is 3.40. The first kappa shape index (κ1) is 7.99. The number of pyridine rings is 1. The standard InChI is InChI=1S/C12H11N/c1-10-12(8-5-9-13-10)11-6-3-2-4-7-11/h2-9H,1H3. The van der Waals surface area contributed by atoms with Crippen molar-refractivity contribution in [3.63, 3.8) is 0 Å². The zero-order valence-electron chi connectivity index (χ0n) is 7.57. The number of benzene rings is 1. The zero-order valence-corrected chi connectivity index (χ0v) is 7.57. The van der Waals surface area contributed by atoms with Crippen molar-refractivity contribution in [3.8, 4) is 11.1 Å². The van der Waals surface area contributed by atoms with E-state index in [-0.39, 0.29) is 0 Å². The Morgan fingerprint density at radius 3 is 2.38 bits per heavy atom. The number of nitrogens with zero attached hydrogens (tertiary/aromatic N) is 1. The molecule has 1 heteroatoms. The van der Waals surface area contributed by atoms with Gasteiger partial charge in [-0.15, -0.1) is 0 Å². The summed E-state index contributed by atoms with van der Waals surface area (Å²) in [6.45, 7) is 2.03. The van der Waals surface area contributed by atoms with Crippen LogP contribution in [0.5, 0.6) is 0 Å². The molecule has 1 aromatic heterocycles. The summed E-state index contributed by atoms with van der Waals surface area (Å²) in [6, 6.07) is 14.4. The molecule has 0 saturated heterocycles. The Morgan fingerprint density at radius 1 is 0.923 bits per heavy atom. The normalized spacial score (nSPS) is 9.92. The third-order valence-corrected chi connectivity index (χ3v) is 2.09. The molecule has 1 heterocycles. The minimum atomic E-state index is 1.08. The summed E-state index contributed by atoms with van der Waals surface area (Å²) in [5.74, 6) is 0. The minimum Gasteiger partial charge on any atom is -0.261 e. The maximum atomic E-state index is 4.26. The predicted octanol–water partition coefficient (Wildman–Crippen LogP) is 3.06. The van der Waals surface area contributed by atoms with Crippen molar-refractivity contribution in [1.82, 2.24) is 4.98 Å². The molecule has 13 heavy (non-hydrogen) atoms. The van der Waals surface area contributed by atoms with Crippen molar-refractivity contribution >= 4 is 0 Å². The van der Waals surface area contributed by atoms with E-state index < -0.39 is 0 Å². The fourth-order valence-electron chi connectivity index (χ4n) is 1.41. The maximum Gasteiger partial charge on any atom is 0.0450 e. The lowest BCUT2D eigenvalue weighted by Crippen LogP contribution is -1.85. The first-order valence-electron chi connectivity index (χ1n) is 4.35. The Morgan fingerprint density at radius 2 is 1.69 bits per heavy atom. The number of aryl methyl sites for hydroxylation is 1. The van der Waals surface area contributed by atoms with Crippen LogP contribution in [0.25, 0.3) is 11.1 Å². The first-order valence-corrected chi connectivity index (χ1v) is 4.35. The molecule has 2 rings (SSSR count). The van der Waals surface area contributed by atoms with Crippen LogP contribution in [0.15, 0.2) is 48.7 Å². The molecule has 0 unspecified atom stereocenters. The number of rotatable bonds is 1. The van der Waals surface area contributed by atoms with Crippen LogP contribution < -0.4 is 0 Å². The summed E-state index contributed by atoms with van der Waals surface area (Å²) in [7, 11) is 0. The molecular weight excluding hydrogens is 158 g/mol. The summed E-state index contributed by atoms with van der Waals surface area (Å²) in [6.07, 6.45) is 1.82. The molecule has 0 aliphatic carbocycles. The van der Waals surface area contributed by atoms with E-state index in [0.717, 1.165) is 5.69 Å². The van der Waals surface area contributed by atoms with Crippen LogP contribution in [0.4, 0.5) is 0 Å². The van der Waals surface area contributed by atoms with Crippen molar-refractivity contribution in [3.05, 3.63) is 54.4 Å². The van der Waals surface area contributed by atoms with Gasteiger partial charge in [-0.05, 0) is 18.6 Å². The molecule has 1 aromatic carbocycles. The predicted molar refractivity (Wildman–Crippen MR) is 54.4 cm³/mol. The van der Waals surface area contributed by atoms with Crippen LogP contribution in [-0.2, 0) is 0 Å². The summed E-state index contributed by atoms with van der Waals surface area (Å²) < 4.78 is 0. The van der Waals surface area contributed by atoms with Crippen molar-refractivity contribution in [1.29, 1.82) is 0 Å². The third kappa shape index (κ3) is 1.59. The molecular formula is C12H11N. The molecule has 0 radical (unpaired) electrons. The average molecular weight is 169 g/mol. The third-order valence-electron chi connectivity index (χ3n) is 2.09. The molecule has 0 saturated carbocycles. The lowest BCUT2D eigenvalue weighted by Gasteiger charge is -2.03. The Hall–Kier alpha value is -1.63. The smallest absolute Gasteiger partial charge is 0.0450 e. The van der Waals surface area contributed by atoms with Gasteiger partial charge in [-0.1, -0.05) is 36.4 Å². The van der Waals surface area contributed by atoms with E-state index in [1.165, 1.54) is 11.1 Å². The molecule has 0 aliphatic rings. The van der Waals surface area contributed by atoms with Crippen LogP contribution in [0.2, 0.25) is 0 Å². The van der Waals surface area contributed by atoms with Gasteiger partial charge in [0.25, 0.3) is 0 Å². The molecule has 64 valence electrons. The van der Waals surface area contributed by atoms with Gasteiger partial charge < -0.3 is 0 Å². The highest BCUT2D eigenvalue weighted by molar-refractivity contribution is 5.65. The monoisotopic (exact) mass is 169 g/mol. The molecule has 2 aromatic rings. The molecule has 0 bridgehead atoms. The molecule has 0 atom stereocenters. The maximum absolute atomic E-state index is 4.26. The molecule has 0 aliphatic heterocycles. The average Bonchev–Trinajstić information content (AvgIpc) is 2.20. The van der Waals surface area contributed by atoms with Crippen LogP contribution in [0.3, 0.4) is 0 Å². The molecule has 1 nitrogen and oxygen atoms in total. The highest BCUT2D eigenvalue weighted by atomic mass is 14.7. The Kier molecular flexibility index (Phi) is 2.09. The van der Waals surface area contributed by atoms with Crippen molar-refractivity contribution in [2.24, 2.45) is 0 Å².